The lowest BCUT2D eigenvalue weighted by molar-refractivity contribution is 0.880. The Balaban J connectivity index is 2.00. The highest BCUT2D eigenvalue weighted by Gasteiger charge is 2.16. The van der Waals surface area contributed by atoms with E-state index in [9.17, 15) is 0 Å². The summed E-state index contributed by atoms with van der Waals surface area (Å²) in [6.45, 7) is 2.06. The van der Waals surface area contributed by atoms with Gasteiger partial charge in [-0.15, -0.1) is 10.2 Å². The standard InChI is InChI=1S/C19H17ClN4S/c1-14-4-6-15(7-5-14)18-22-23-19(25-13-3-2-12-21)24(18)17-10-8-16(20)9-11-17/h4-11H,2-3,13H2,1H3. The normalized spacial score (nSPS) is 10.6. The van der Waals surface area contributed by atoms with Crippen LogP contribution in [-0.2, 0) is 0 Å². The molecule has 6 heteroatoms. The van der Waals surface area contributed by atoms with E-state index in [-0.39, 0.29) is 0 Å². The summed E-state index contributed by atoms with van der Waals surface area (Å²) < 4.78 is 2.04. The molecule has 0 aliphatic rings. The van der Waals surface area contributed by atoms with Gasteiger partial charge in [0.25, 0.3) is 0 Å². The number of aryl methyl sites for hydroxylation is 1. The van der Waals surface area contributed by atoms with E-state index in [0.717, 1.165) is 34.4 Å². The highest BCUT2D eigenvalue weighted by Crippen LogP contribution is 2.29. The number of unbranched alkanes of at least 4 members (excludes halogenated alkanes) is 1. The van der Waals surface area contributed by atoms with Crippen LogP contribution in [0.3, 0.4) is 0 Å². The van der Waals surface area contributed by atoms with Gasteiger partial charge in [0.05, 0.1) is 6.07 Å². The van der Waals surface area contributed by atoms with Crippen LogP contribution >= 0.6 is 23.4 Å². The summed E-state index contributed by atoms with van der Waals surface area (Å²) in [6, 6.07) is 18.0. The number of hydrogen-bond acceptors (Lipinski definition) is 4. The average Bonchev–Trinajstić information content (AvgIpc) is 3.04. The van der Waals surface area contributed by atoms with Crippen LogP contribution < -0.4 is 0 Å². The fraction of sp³-hybridized carbons (Fsp3) is 0.211. The largest absolute Gasteiger partial charge is 0.270 e. The van der Waals surface area contributed by atoms with Gasteiger partial charge >= 0.3 is 0 Å². The van der Waals surface area contributed by atoms with E-state index in [1.54, 1.807) is 11.8 Å². The van der Waals surface area contributed by atoms with E-state index in [1.807, 2.05) is 28.8 Å². The van der Waals surface area contributed by atoms with E-state index < -0.39 is 0 Å². The summed E-state index contributed by atoms with van der Waals surface area (Å²) in [5.41, 5.74) is 3.18. The molecule has 0 aliphatic heterocycles. The minimum absolute atomic E-state index is 0.549. The van der Waals surface area contributed by atoms with Crippen LogP contribution in [0.1, 0.15) is 18.4 Å². The molecule has 3 rings (SSSR count). The molecule has 0 N–H and O–H groups in total. The first kappa shape index (κ1) is 17.5. The Morgan fingerprint density at radius 3 is 2.48 bits per heavy atom. The van der Waals surface area contributed by atoms with Gasteiger partial charge in [-0.2, -0.15) is 5.26 Å². The second kappa shape index (κ2) is 8.19. The van der Waals surface area contributed by atoms with Crippen LogP contribution in [0.15, 0.2) is 53.7 Å². The molecule has 0 bridgehead atoms. The molecule has 0 fully saturated rings. The Labute approximate surface area is 156 Å². The molecule has 0 amide bonds. The molecule has 0 unspecified atom stereocenters. The van der Waals surface area contributed by atoms with Crippen molar-refractivity contribution in [2.45, 2.75) is 24.9 Å². The summed E-state index contributed by atoms with van der Waals surface area (Å²) in [6.07, 6.45) is 1.38. The van der Waals surface area contributed by atoms with Crippen molar-refractivity contribution >= 4 is 23.4 Å². The SMILES string of the molecule is Cc1ccc(-c2nnc(SCCCC#N)n2-c2ccc(Cl)cc2)cc1. The van der Waals surface area contributed by atoms with E-state index >= 15 is 0 Å². The zero-order chi connectivity index (χ0) is 17.6. The third kappa shape index (κ3) is 4.22. The van der Waals surface area contributed by atoms with E-state index in [1.165, 1.54) is 5.56 Å². The number of rotatable bonds is 6. The molecule has 0 saturated carbocycles. The Kier molecular flexibility index (Phi) is 5.75. The first-order valence-electron chi connectivity index (χ1n) is 7.97. The van der Waals surface area contributed by atoms with Gasteiger partial charge in [0.15, 0.2) is 11.0 Å². The van der Waals surface area contributed by atoms with Gasteiger partial charge in [-0.3, -0.25) is 4.57 Å². The number of aromatic nitrogens is 3. The van der Waals surface area contributed by atoms with Gasteiger partial charge in [0.2, 0.25) is 0 Å². The molecule has 1 aromatic heterocycles. The van der Waals surface area contributed by atoms with E-state index in [2.05, 4.69) is 47.5 Å². The van der Waals surface area contributed by atoms with Crippen molar-refractivity contribution in [2.75, 3.05) is 5.75 Å². The molecule has 0 spiro atoms. The summed E-state index contributed by atoms with van der Waals surface area (Å²) in [5.74, 6) is 1.62. The molecule has 4 nitrogen and oxygen atoms in total. The number of nitrogens with zero attached hydrogens (tertiary/aromatic N) is 4. The number of halogens is 1. The van der Waals surface area contributed by atoms with Gasteiger partial charge < -0.3 is 0 Å². The molecule has 0 radical (unpaired) electrons. The Morgan fingerprint density at radius 2 is 1.80 bits per heavy atom. The second-order valence-electron chi connectivity index (χ2n) is 5.59. The molecular weight excluding hydrogens is 352 g/mol. The summed E-state index contributed by atoms with van der Waals surface area (Å²) in [5, 5.41) is 19.0. The molecule has 2 aromatic carbocycles. The number of benzene rings is 2. The van der Waals surface area contributed by atoms with Crippen molar-refractivity contribution in [1.82, 2.24) is 14.8 Å². The minimum atomic E-state index is 0.549. The lowest BCUT2D eigenvalue weighted by Crippen LogP contribution is -2.00. The fourth-order valence-electron chi connectivity index (χ4n) is 2.39. The fourth-order valence-corrected chi connectivity index (χ4v) is 3.41. The number of thioether (sulfide) groups is 1. The third-order valence-corrected chi connectivity index (χ3v) is 4.96. The maximum absolute atomic E-state index is 8.69. The molecule has 0 aliphatic carbocycles. The number of hydrogen-bond donors (Lipinski definition) is 0. The maximum atomic E-state index is 8.69. The van der Waals surface area contributed by atoms with Crippen LogP contribution in [-0.4, -0.2) is 20.5 Å². The minimum Gasteiger partial charge on any atom is -0.270 e. The average molecular weight is 369 g/mol. The quantitative estimate of drug-likeness (QED) is 0.438. The summed E-state index contributed by atoms with van der Waals surface area (Å²) in [4.78, 5) is 0. The zero-order valence-corrected chi connectivity index (χ0v) is 15.4. The van der Waals surface area contributed by atoms with Crippen molar-refractivity contribution in [2.24, 2.45) is 0 Å². The monoisotopic (exact) mass is 368 g/mol. The van der Waals surface area contributed by atoms with Crippen LogP contribution in [0.2, 0.25) is 5.02 Å². The number of nitriles is 1. The van der Waals surface area contributed by atoms with Crippen molar-refractivity contribution in [1.29, 1.82) is 5.26 Å². The van der Waals surface area contributed by atoms with Crippen LogP contribution in [0.5, 0.6) is 0 Å². The van der Waals surface area contributed by atoms with Crippen molar-refractivity contribution in [3.8, 4) is 23.1 Å². The van der Waals surface area contributed by atoms with Gasteiger partial charge in [-0.05, 0) is 37.6 Å². The smallest absolute Gasteiger partial charge is 0.196 e. The van der Waals surface area contributed by atoms with Gasteiger partial charge in [-0.25, -0.2) is 0 Å². The molecule has 1 heterocycles. The van der Waals surface area contributed by atoms with E-state index in [0.29, 0.717) is 11.4 Å². The van der Waals surface area contributed by atoms with Crippen molar-refractivity contribution in [3.63, 3.8) is 0 Å². The third-order valence-electron chi connectivity index (χ3n) is 3.69. The predicted molar refractivity (Wildman–Crippen MR) is 102 cm³/mol. The first-order valence-corrected chi connectivity index (χ1v) is 9.33. The highest BCUT2D eigenvalue weighted by molar-refractivity contribution is 7.99. The summed E-state index contributed by atoms with van der Waals surface area (Å²) >= 11 is 7.64. The predicted octanol–water partition coefficient (Wildman–Crippen LogP) is 5.29. The van der Waals surface area contributed by atoms with Crippen LogP contribution in [0.25, 0.3) is 17.1 Å². The van der Waals surface area contributed by atoms with Crippen LogP contribution in [0.4, 0.5) is 0 Å². The first-order chi connectivity index (χ1) is 12.2. The molecular formula is C19H17ClN4S. The summed E-state index contributed by atoms with van der Waals surface area (Å²) in [7, 11) is 0. The molecule has 126 valence electrons. The van der Waals surface area contributed by atoms with Crippen molar-refractivity contribution in [3.05, 3.63) is 59.1 Å². The molecule has 25 heavy (non-hydrogen) atoms. The highest BCUT2D eigenvalue weighted by atomic mass is 35.5. The molecule has 0 saturated heterocycles. The van der Waals surface area contributed by atoms with Crippen LogP contribution in [0, 0.1) is 18.3 Å². The lowest BCUT2D eigenvalue weighted by atomic mass is 10.1. The van der Waals surface area contributed by atoms with Crippen molar-refractivity contribution < 1.29 is 0 Å². The van der Waals surface area contributed by atoms with E-state index in [4.69, 9.17) is 16.9 Å². The second-order valence-corrected chi connectivity index (χ2v) is 7.09. The topological polar surface area (TPSA) is 54.5 Å². The maximum Gasteiger partial charge on any atom is 0.196 e. The van der Waals surface area contributed by atoms with Gasteiger partial charge in [-0.1, -0.05) is 53.2 Å². The Bertz CT molecular complexity index is 879. The molecule has 3 aromatic rings. The Morgan fingerprint density at radius 1 is 1.08 bits per heavy atom. The van der Waals surface area contributed by atoms with Gasteiger partial charge in [0, 0.05) is 28.4 Å². The lowest BCUT2D eigenvalue weighted by Gasteiger charge is -2.10. The van der Waals surface area contributed by atoms with Gasteiger partial charge in [0.1, 0.15) is 0 Å². The Hall–Kier alpha value is -2.29. The molecule has 0 atom stereocenters. The zero-order valence-electron chi connectivity index (χ0n) is 13.8.